The van der Waals surface area contributed by atoms with Crippen LogP contribution in [0, 0.1) is 0 Å². The highest BCUT2D eigenvalue weighted by molar-refractivity contribution is 6.62. The zero-order chi connectivity index (χ0) is 20.4. The largest absolute Gasteiger partial charge is 0.494 e. The summed E-state index contributed by atoms with van der Waals surface area (Å²) in [5.41, 5.74) is 2.17. The van der Waals surface area contributed by atoms with Crippen LogP contribution in [0.5, 0.6) is 5.75 Å². The summed E-state index contributed by atoms with van der Waals surface area (Å²) >= 11 is 0. The van der Waals surface area contributed by atoms with Gasteiger partial charge in [-0.3, -0.25) is 0 Å². The molecule has 0 N–H and O–H groups in total. The first-order chi connectivity index (χ1) is 13.3. The minimum absolute atomic E-state index is 0.364. The normalized spacial score (nSPS) is 17.7. The predicted molar refractivity (Wildman–Crippen MR) is 113 cm³/mol. The Morgan fingerprint density at radius 3 is 2.43 bits per heavy atom. The van der Waals surface area contributed by atoms with Crippen molar-refractivity contribution in [2.75, 3.05) is 6.61 Å². The smallest absolute Gasteiger partial charge is 0.490 e. The number of unbranched alkanes of at least 4 members (excludes halogenated alkanes) is 1. The lowest BCUT2D eigenvalue weighted by Crippen LogP contribution is -2.41. The minimum atomic E-state index is -0.396. The molecule has 0 unspecified atom stereocenters. The number of aryl methyl sites for hydroxylation is 1. The second-order valence-corrected chi connectivity index (χ2v) is 8.25. The van der Waals surface area contributed by atoms with Crippen LogP contribution >= 0.6 is 0 Å². The molecule has 1 aliphatic rings. The number of nitrogens with zero attached hydrogens (tertiary/aromatic N) is 2. The first-order valence-corrected chi connectivity index (χ1v) is 10.2. The average Bonchev–Trinajstić information content (AvgIpc) is 2.88. The first kappa shape index (κ1) is 20.8. The standard InChI is InChI=1S/C22H31BN2O3/c1-7-9-13-18-19(26-8-2)15-24-20(25-18)16-11-10-12-17(14-16)23-27-21(3,4)22(5,6)28-23/h10-12,14-15H,7-9,13H2,1-6H3. The molecule has 3 rings (SSSR count). The Kier molecular flexibility index (Phi) is 6.11. The van der Waals surface area contributed by atoms with Crippen LogP contribution in [0.3, 0.4) is 0 Å². The van der Waals surface area contributed by atoms with Gasteiger partial charge in [-0.25, -0.2) is 9.97 Å². The van der Waals surface area contributed by atoms with Gasteiger partial charge in [0.25, 0.3) is 0 Å². The van der Waals surface area contributed by atoms with E-state index in [1.807, 2.05) is 25.1 Å². The van der Waals surface area contributed by atoms with Crippen molar-refractivity contribution in [1.82, 2.24) is 9.97 Å². The topological polar surface area (TPSA) is 53.5 Å². The van der Waals surface area contributed by atoms with E-state index in [0.29, 0.717) is 12.4 Å². The van der Waals surface area contributed by atoms with Crippen molar-refractivity contribution in [2.45, 2.75) is 72.0 Å². The van der Waals surface area contributed by atoms with E-state index in [4.69, 9.17) is 19.0 Å². The van der Waals surface area contributed by atoms with Crippen LogP contribution in [-0.4, -0.2) is 34.9 Å². The van der Waals surface area contributed by atoms with Gasteiger partial charge in [-0.15, -0.1) is 0 Å². The molecule has 0 aliphatic carbocycles. The van der Waals surface area contributed by atoms with Gasteiger partial charge in [-0.1, -0.05) is 37.6 Å². The maximum atomic E-state index is 6.19. The minimum Gasteiger partial charge on any atom is -0.490 e. The number of rotatable bonds is 7. The zero-order valence-electron chi connectivity index (χ0n) is 17.9. The van der Waals surface area contributed by atoms with E-state index < -0.39 is 7.12 Å². The molecular weight excluding hydrogens is 351 g/mol. The van der Waals surface area contributed by atoms with Crippen LogP contribution in [0.15, 0.2) is 30.5 Å². The molecule has 1 aromatic heterocycles. The summed E-state index contributed by atoms with van der Waals surface area (Å²) in [7, 11) is -0.396. The van der Waals surface area contributed by atoms with Crippen LogP contribution in [0.4, 0.5) is 0 Å². The molecule has 0 bridgehead atoms. The monoisotopic (exact) mass is 382 g/mol. The summed E-state index contributed by atoms with van der Waals surface area (Å²) in [4.78, 5) is 9.35. The molecule has 0 amide bonds. The molecule has 0 saturated carbocycles. The van der Waals surface area contributed by atoms with E-state index in [1.165, 1.54) is 0 Å². The van der Waals surface area contributed by atoms with E-state index in [2.05, 4.69) is 45.7 Å². The Morgan fingerprint density at radius 1 is 1.07 bits per heavy atom. The predicted octanol–water partition coefficient (Wildman–Crippen LogP) is 4.18. The van der Waals surface area contributed by atoms with Crippen LogP contribution in [-0.2, 0) is 15.7 Å². The number of hydrogen-bond donors (Lipinski definition) is 0. The van der Waals surface area contributed by atoms with Crippen molar-refractivity contribution in [1.29, 1.82) is 0 Å². The molecule has 1 fully saturated rings. The summed E-state index contributed by atoms with van der Waals surface area (Å²) < 4.78 is 18.1. The summed E-state index contributed by atoms with van der Waals surface area (Å²) in [5.74, 6) is 1.48. The molecule has 1 aliphatic heterocycles. The highest BCUT2D eigenvalue weighted by Gasteiger charge is 2.51. The van der Waals surface area contributed by atoms with Gasteiger partial charge in [-0.2, -0.15) is 0 Å². The lowest BCUT2D eigenvalue weighted by atomic mass is 9.78. The van der Waals surface area contributed by atoms with Crippen molar-refractivity contribution < 1.29 is 14.0 Å². The van der Waals surface area contributed by atoms with E-state index in [9.17, 15) is 0 Å². The van der Waals surface area contributed by atoms with Crippen LogP contribution in [0.1, 0.15) is 60.1 Å². The van der Waals surface area contributed by atoms with Gasteiger partial charge in [0, 0.05) is 5.56 Å². The molecule has 0 spiro atoms. The molecule has 5 nitrogen and oxygen atoms in total. The van der Waals surface area contributed by atoms with Gasteiger partial charge in [0.1, 0.15) is 0 Å². The SMILES string of the molecule is CCCCc1nc(-c2cccc(B3OC(C)(C)C(C)(C)O3)c2)ncc1OCC. The third-order valence-electron chi connectivity index (χ3n) is 5.57. The summed E-state index contributed by atoms with van der Waals surface area (Å²) in [6, 6.07) is 8.11. The molecular formula is C22H31BN2O3. The summed E-state index contributed by atoms with van der Waals surface area (Å²) in [5, 5.41) is 0. The fourth-order valence-electron chi connectivity index (χ4n) is 3.15. The Labute approximate surface area is 169 Å². The molecule has 0 radical (unpaired) electrons. The third-order valence-corrected chi connectivity index (χ3v) is 5.57. The zero-order valence-corrected chi connectivity index (χ0v) is 17.9. The molecule has 0 atom stereocenters. The van der Waals surface area contributed by atoms with Crippen molar-refractivity contribution in [3.63, 3.8) is 0 Å². The highest BCUT2D eigenvalue weighted by atomic mass is 16.7. The Hall–Kier alpha value is -1.92. The lowest BCUT2D eigenvalue weighted by molar-refractivity contribution is 0.00578. The Morgan fingerprint density at radius 2 is 1.79 bits per heavy atom. The molecule has 1 saturated heterocycles. The van der Waals surface area contributed by atoms with Crippen LogP contribution in [0.2, 0.25) is 0 Å². The summed E-state index contributed by atoms with van der Waals surface area (Å²) in [6.07, 6.45) is 4.86. The third kappa shape index (κ3) is 4.23. The van der Waals surface area contributed by atoms with Gasteiger partial charge in [0.2, 0.25) is 0 Å². The second-order valence-electron chi connectivity index (χ2n) is 8.25. The Bertz CT molecular complexity index is 807. The van der Waals surface area contributed by atoms with Gasteiger partial charge < -0.3 is 14.0 Å². The molecule has 150 valence electrons. The Balaban J connectivity index is 1.90. The van der Waals surface area contributed by atoms with Gasteiger partial charge in [0.05, 0.1) is 29.7 Å². The number of hydrogen-bond acceptors (Lipinski definition) is 5. The van der Waals surface area contributed by atoms with Crippen LogP contribution in [0.25, 0.3) is 11.4 Å². The second kappa shape index (κ2) is 8.22. The van der Waals surface area contributed by atoms with E-state index >= 15 is 0 Å². The van der Waals surface area contributed by atoms with Gasteiger partial charge in [0.15, 0.2) is 11.6 Å². The highest BCUT2D eigenvalue weighted by Crippen LogP contribution is 2.36. The summed E-state index contributed by atoms with van der Waals surface area (Å²) in [6.45, 7) is 13.0. The lowest BCUT2D eigenvalue weighted by Gasteiger charge is -2.32. The van der Waals surface area contributed by atoms with Crippen molar-refractivity contribution in [2.24, 2.45) is 0 Å². The fourth-order valence-corrected chi connectivity index (χ4v) is 3.15. The number of benzene rings is 1. The fraction of sp³-hybridized carbons (Fsp3) is 0.545. The molecule has 28 heavy (non-hydrogen) atoms. The van der Waals surface area contributed by atoms with E-state index in [1.54, 1.807) is 6.20 Å². The van der Waals surface area contributed by atoms with Crippen molar-refractivity contribution in [3.05, 3.63) is 36.2 Å². The maximum absolute atomic E-state index is 6.19. The van der Waals surface area contributed by atoms with E-state index in [0.717, 1.165) is 41.7 Å². The van der Waals surface area contributed by atoms with Crippen molar-refractivity contribution >= 4 is 12.6 Å². The molecule has 1 aromatic carbocycles. The first-order valence-electron chi connectivity index (χ1n) is 10.2. The van der Waals surface area contributed by atoms with E-state index in [-0.39, 0.29) is 11.2 Å². The quantitative estimate of drug-likeness (QED) is 0.673. The molecule has 2 aromatic rings. The average molecular weight is 382 g/mol. The van der Waals surface area contributed by atoms with Crippen LogP contribution < -0.4 is 10.2 Å². The van der Waals surface area contributed by atoms with Gasteiger partial charge in [-0.05, 0) is 52.9 Å². The maximum Gasteiger partial charge on any atom is 0.494 e. The van der Waals surface area contributed by atoms with Gasteiger partial charge >= 0.3 is 7.12 Å². The number of aromatic nitrogens is 2. The molecule has 2 heterocycles. The number of ether oxygens (including phenoxy) is 1. The molecule has 6 heteroatoms. The van der Waals surface area contributed by atoms with Crippen molar-refractivity contribution in [3.8, 4) is 17.1 Å².